The molecular formula is C21H34O3. The van der Waals surface area contributed by atoms with Gasteiger partial charge in [0.05, 0.1) is 14.2 Å². The molecule has 0 bridgehead atoms. The van der Waals surface area contributed by atoms with Crippen molar-refractivity contribution in [1.82, 2.24) is 0 Å². The molecule has 1 rings (SSSR count). The van der Waals surface area contributed by atoms with Gasteiger partial charge in [0.15, 0.2) is 0 Å². The van der Waals surface area contributed by atoms with E-state index >= 15 is 0 Å². The molecule has 1 unspecified atom stereocenters. The van der Waals surface area contributed by atoms with Crippen LogP contribution >= 0.6 is 0 Å². The van der Waals surface area contributed by atoms with E-state index < -0.39 is 0 Å². The lowest BCUT2D eigenvalue weighted by Gasteiger charge is -2.35. The lowest BCUT2D eigenvalue weighted by atomic mass is 9.71. The van der Waals surface area contributed by atoms with Crippen molar-refractivity contribution in [2.24, 2.45) is 16.7 Å². The Kier molecular flexibility index (Phi) is 6.13. The van der Waals surface area contributed by atoms with Gasteiger partial charge in [-0.05, 0) is 31.1 Å². The van der Waals surface area contributed by atoms with Crippen LogP contribution in [-0.4, -0.2) is 20.0 Å². The van der Waals surface area contributed by atoms with E-state index in [0.29, 0.717) is 11.5 Å². The van der Waals surface area contributed by atoms with Crippen LogP contribution in [-0.2, 0) is 14.3 Å². The molecule has 0 saturated heterocycles. The van der Waals surface area contributed by atoms with Crippen molar-refractivity contribution in [2.75, 3.05) is 14.2 Å². The van der Waals surface area contributed by atoms with Gasteiger partial charge in [0, 0.05) is 11.5 Å². The van der Waals surface area contributed by atoms with Gasteiger partial charge in [-0.25, -0.2) is 0 Å². The zero-order chi connectivity index (χ0) is 18.9. The van der Waals surface area contributed by atoms with E-state index in [1.807, 2.05) is 6.92 Å². The van der Waals surface area contributed by atoms with E-state index in [1.165, 1.54) is 12.7 Å². The molecule has 0 N–H and O–H groups in total. The Balaban J connectivity index is 3.28. The first kappa shape index (κ1) is 20.5. The van der Waals surface area contributed by atoms with Crippen molar-refractivity contribution < 1.29 is 14.3 Å². The molecule has 0 aliphatic heterocycles. The highest BCUT2D eigenvalue weighted by molar-refractivity contribution is 6.09. The standard InChI is InChI=1S/C21H34O3/c1-13(20(4,5)6)11-12-21(7,8)16-14(2)15(3)18(23-9)19(24-10)17(16)22/h11,15H,12H2,1-10H3/b13-11+. The SMILES string of the molecule is COC1=C(OC)C(C)C(C)=C(C(C)(C)C/C=C(\C)C(C)(C)C)C1=O. The van der Waals surface area contributed by atoms with Crippen LogP contribution in [0.5, 0.6) is 0 Å². The second kappa shape index (κ2) is 7.16. The van der Waals surface area contributed by atoms with Crippen LogP contribution in [0.2, 0.25) is 0 Å². The predicted molar refractivity (Wildman–Crippen MR) is 99.5 cm³/mol. The van der Waals surface area contributed by atoms with E-state index in [-0.39, 0.29) is 22.5 Å². The summed E-state index contributed by atoms with van der Waals surface area (Å²) in [4.78, 5) is 13.0. The molecule has 0 spiro atoms. The average Bonchev–Trinajstić information content (AvgIpc) is 2.47. The molecule has 1 aliphatic carbocycles. The summed E-state index contributed by atoms with van der Waals surface area (Å²) in [7, 11) is 3.13. The summed E-state index contributed by atoms with van der Waals surface area (Å²) in [5.41, 5.74) is 3.15. The molecule has 0 fully saturated rings. The summed E-state index contributed by atoms with van der Waals surface area (Å²) in [5, 5.41) is 0. The number of Topliss-reactive ketones (excluding diaryl/α,β-unsaturated/α-hetero) is 1. The average molecular weight is 335 g/mol. The Morgan fingerprint density at radius 2 is 1.67 bits per heavy atom. The fraction of sp³-hybridized carbons (Fsp3) is 0.667. The van der Waals surface area contributed by atoms with Crippen LogP contribution in [0.25, 0.3) is 0 Å². The van der Waals surface area contributed by atoms with Crippen LogP contribution in [0.1, 0.15) is 61.8 Å². The fourth-order valence-corrected chi connectivity index (χ4v) is 3.13. The molecule has 0 aromatic heterocycles. The number of rotatable bonds is 5. The number of ether oxygens (including phenoxy) is 2. The van der Waals surface area contributed by atoms with Crippen molar-refractivity contribution in [1.29, 1.82) is 0 Å². The van der Waals surface area contributed by atoms with Gasteiger partial charge < -0.3 is 9.47 Å². The van der Waals surface area contributed by atoms with Crippen molar-refractivity contribution in [3.05, 3.63) is 34.3 Å². The van der Waals surface area contributed by atoms with Crippen LogP contribution in [0.3, 0.4) is 0 Å². The molecule has 1 aliphatic rings. The van der Waals surface area contributed by atoms with Gasteiger partial charge in [-0.2, -0.15) is 0 Å². The Labute approximate surface area is 147 Å². The highest BCUT2D eigenvalue weighted by Gasteiger charge is 2.40. The summed E-state index contributed by atoms with van der Waals surface area (Å²) >= 11 is 0. The van der Waals surface area contributed by atoms with Gasteiger partial charge in [-0.15, -0.1) is 0 Å². The minimum absolute atomic E-state index is 0.0447. The highest BCUT2D eigenvalue weighted by Crippen LogP contribution is 2.43. The normalized spacial score (nSPS) is 20.7. The van der Waals surface area contributed by atoms with Crippen LogP contribution in [0.4, 0.5) is 0 Å². The Morgan fingerprint density at radius 1 is 1.12 bits per heavy atom. The van der Waals surface area contributed by atoms with Gasteiger partial charge in [-0.3, -0.25) is 4.79 Å². The third kappa shape index (κ3) is 3.93. The second-order valence-corrected chi connectivity index (χ2v) is 8.44. The highest BCUT2D eigenvalue weighted by atomic mass is 16.5. The third-order valence-electron chi connectivity index (χ3n) is 5.30. The summed E-state index contributed by atoms with van der Waals surface area (Å²) in [6.07, 6.45) is 3.08. The maximum Gasteiger partial charge on any atom is 0.227 e. The molecule has 136 valence electrons. The maximum absolute atomic E-state index is 13.0. The van der Waals surface area contributed by atoms with Gasteiger partial charge in [0.1, 0.15) is 5.76 Å². The molecule has 3 nitrogen and oxygen atoms in total. The summed E-state index contributed by atoms with van der Waals surface area (Å²) in [6.45, 7) is 17.1. The Morgan fingerprint density at radius 3 is 2.08 bits per heavy atom. The molecule has 3 heteroatoms. The summed E-state index contributed by atoms with van der Waals surface area (Å²) in [5.74, 6) is 0.970. The monoisotopic (exact) mass is 334 g/mol. The summed E-state index contributed by atoms with van der Waals surface area (Å²) in [6, 6.07) is 0. The van der Waals surface area contributed by atoms with Crippen molar-refractivity contribution in [3.63, 3.8) is 0 Å². The van der Waals surface area contributed by atoms with Gasteiger partial charge >= 0.3 is 0 Å². The van der Waals surface area contributed by atoms with Crippen molar-refractivity contribution >= 4 is 5.78 Å². The van der Waals surface area contributed by atoms with E-state index in [0.717, 1.165) is 17.6 Å². The molecule has 0 heterocycles. The third-order valence-corrected chi connectivity index (χ3v) is 5.30. The van der Waals surface area contributed by atoms with Gasteiger partial charge in [0.2, 0.25) is 11.5 Å². The smallest absolute Gasteiger partial charge is 0.227 e. The van der Waals surface area contributed by atoms with Crippen LogP contribution in [0, 0.1) is 16.7 Å². The van der Waals surface area contributed by atoms with Gasteiger partial charge in [0.25, 0.3) is 0 Å². The number of hydrogen-bond acceptors (Lipinski definition) is 3. The molecule has 0 aromatic rings. The fourth-order valence-electron chi connectivity index (χ4n) is 3.13. The Hall–Kier alpha value is -1.51. The molecule has 24 heavy (non-hydrogen) atoms. The topological polar surface area (TPSA) is 35.5 Å². The lowest BCUT2D eigenvalue weighted by molar-refractivity contribution is -0.117. The number of hydrogen-bond donors (Lipinski definition) is 0. The van der Waals surface area contributed by atoms with Gasteiger partial charge in [-0.1, -0.05) is 58.8 Å². The molecule has 0 radical (unpaired) electrons. The summed E-state index contributed by atoms with van der Waals surface area (Å²) < 4.78 is 10.8. The van der Waals surface area contributed by atoms with Crippen molar-refractivity contribution in [3.8, 4) is 0 Å². The number of ketones is 1. The minimum Gasteiger partial charge on any atom is -0.496 e. The van der Waals surface area contributed by atoms with E-state index in [2.05, 4.69) is 54.5 Å². The first-order chi connectivity index (χ1) is 10.9. The number of allylic oxidation sites excluding steroid dienone is 4. The minimum atomic E-state index is -0.259. The van der Waals surface area contributed by atoms with Crippen molar-refractivity contribution in [2.45, 2.75) is 61.8 Å². The molecule has 1 atom stereocenters. The molecule has 0 saturated carbocycles. The second-order valence-electron chi connectivity index (χ2n) is 8.44. The molecule has 0 amide bonds. The predicted octanol–water partition coefficient (Wildman–Crippen LogP) is 5.43. The zero-order valence-electron chi connectivity index (χ0n) is 17.1. The largest absolute Gasteiger partial charge is 0.496 e. The maximum atomic E-state index is 13.0. The quantitative estimate of drug-likeness (QED) is 0.628. The van der Waals surface area contributed by atoms with E-state index in [4.69, 9.17) is 9.47 Å². The first-order valence-electron chi connectivity index (χ1n) is 8.63. The zero-order valence-corrected chi connectivity index (χ0v) is 17.1. The Bertz CT molecular complexity index is 595. The molecular weight excluding hydrogens is 300 g/mol. The molecule has 0 aromatic carbocycles. The number of methoxy groups -OCH3 is 2. The first-order valence-corrected chi connectivity index (χ1v) is 8.63. The van der Waals surface area contributed by atoms with E-state index in [9.17, 15) is 4.79 Å². The van der Waals surface area contributed by atoms with Crippen LogP contribution in [0.15, 0.2) is 34.3 Å². The van der Waals surface area contributed by atoms with E-state index in [1.54, 1.807) is 7.11 Å². The number of carbonyl (C=O) groups excluding carboxylic acids is 1. The lowest BCUT2D eigenvalue weighted by Crippen LogP contribution is -2.31. The number of carbonyl (C=O) groups is 1. The van der Waals surface area contributed by atoms with Crippen LogP contribution < -0.4 is 0 Å².